The summed E-state index contributed by atoms with van der Waals surface area (Å²) in [6, 6.07) is 7.27. The third-order valence-electron chi connectivity index (χ3n) is 3.91. The molecule has 1 aliphatic carbocycles. The molecule has 86 valence electrons. The Labute approximate surface area is 95.2 Å². The van der Waals surface area contributed by atoms with Crippen molar-refractivity contribution in [2.24, 2.45) is 11.8 Å². The van der Waals surface area contributed by atoms with Crippen LogP contribution >= 0.6 is 0 Å². The van der Waals surface area contributed by atoms with E-state index in [-0.39, 0.29) is 5.82 Å². The van der Waals surface area contributed by atoms with Crippen LogP contribution in [-0.4, -0.2) is 19.1 Å². The van der Waals surface area contributed by atoms with Crippen LogP contribution in [-0.2, 0) is 0 Å². The average Bonchev–Trinajstić information content (AvgIpc) is 2.52. The molecule has 0 amide bonds. The number of hydrogen-bond donors (Lipinski definition) is 2. The van der Waals surface area contributed by atoms with Crippen molar-refractivity contribution in [3.8, 4) is 0 Å². The van der Waals surface area contributed by atoms with E-state index in [0.29, 0.717) is 6.04 Å². The van der Waals surface area contributed by atoms with Gasteiger partial charge in [0.05, 0.1) is 0 Å². The summed E-state index contributed by atoms with van der Waals surface area (Å²) in [6.45, 7) is 2.24. The molecule has 2 aliphatic rings. The molecule has 1 saturated heterocycles. The highest BCUT2D eigenvalue weighted by atomic mass is 19.1. The lowest BCUT2D eigenvalue weighted by molar-refractivity contribution is 0.342. The van der Waals surface area contributed by atoms with Crippen LogP contribution in [0.2, 0.25) is 0 Å². The van der Waals surface area contributed by atoms with Crippen LogP contribution in [0.3, 0.4) is 0 Å². The Morgan fingerprint density at radius 3 is 2.31 bits per heavy atom. The Hall–Kier alpha value is -1.09. The molecule has 1 aliphatic heterocycles. The largest absolute Gasteiger partial charge is 0.382 e. The summed E-state index contributed by atoms with van der Waals surface area (Å²) in [6.07, 6.45) is 2.63. The van der Waals surface area contributed by atoms with Gasteiger partial charge in [-0.1, -0.05) is 0 Å². The summed E-state index contributed by atoms with van der Waals surface area (Å²) in [5.74, 6) is 1.31. The van der Waals surface area contributed by atoms with Crippen LogP contribution in [0.5, 0.6) is 0 Å². The van der Waals surface area contributed by atoms with Gasteiger partial charge in [-0.2, -0.15) is 0 Å². The summed E-state index contributed by atoms with van der Waals surface area (Å²) >= 11 is 0. The lowest BCUT2D eigenvalue weighted by Gasteiger charge is -2.32. The number of nitrogens with one attached hydrogen (secondary N) is 2. The Morgan fingerprint density at radius 2 is 1.69 bits per heavy atom. The molecule has 2 nitrogen and oxygen atoms in total. The van der Waals surface area contributed by atoms with Gasteiger partial charge in [-0.25, -0.2) is 4.39 Å². The maximum atomic E-state index is 12.8. The Bertz CT molecular complexity index is 347. The van der Waals surface area contributed by atoms with Gasteiger partial charge < -0.3 is 10.6 Å². The second kappa shape index (κ2) is 4.06. The number of hydrogen-bond acceptors (Lipinski definition) is 2. The molecule has 16 heavy (non-hydrogen) atoms. The molecule has 1 aromatic rings. The van der Waals surface area contributed by atoms with Crippen LogP contribution in [0.1, 0.15) is 12.8 Å². The van der Waals surface area contributed by atoms with Crippen LogP contribution in [0, 0.1) is 17.7 Å². The fraction of sp³-hybridized carbons (Fsp3) is 0.538. The van der Waals surface area contributed by atoms with Crippen molar-refractivity contribution >= 4 is 5.69 Å². The zero-order valence-corrected chi connectivity index (χ0v) is 9.25. The SMILES string of the molecule is Fc1ccc(NC2C3CC[C@H]2CNC3)cc1. The zero-order valence-electron chi connectivity index (χ0n) is 9.25. The minimum atomic E-state index is -0.168. The summed E-state index contributed by atoms with van der Waals surface area (Å²) in [4.78, 5) is 0. The van der Waals surface area contributed by atoms with Crippen LogP contribution in [0.25, 0.3) is 0 Å². The lowest BCUT2D eigenvalue weighted by atomic mass is 9.93. The van der Waals surface area contributed by atoms with E-state index >= 15 is 0 Å². The second-order valence-electron chi connectivity index (χ2n) is 4.93. The van der Waals surface area contributed by atoms with Gasteiger partial charge in [0.15, 0.2) is 0 Å². The minimum absolute atomic E-state index is 0.168. The van der Waals surface area contributed by atoms with Crippen LogP contribution in [0.15, 0.2) is 24.3 Å². The van der Waals surface area contributed by atoms with Gasteiger partial charge >= 0.3 is 0 Å². The molecule has 3 atom stereocenters. The zero-order chi connectivity index (χ0) is 11.0. The van der Waals surface area contributed by atoms with E-state index in [1.807, 2.05) is 12.1 Å². The first-order valence-electron chi connectivity index (χ1n) is 6.06. The smallest absolute Gasteiger partial charge is 0.123 e. The maximum Gasteiger partial charge on any atom is 0.123 e. The first kappa shape index (κ1) is 10.1. The van der Waals surface area contributed by atoms with Crippen molar-refractivity contribution in [3.63, 3.8) is 0 Å². The van der Waals surface area contributed by atoms with Gasteiger partial charge in [0.1, 0.15) is 5.82 Å². The van der Waals surface area contributed by atoms with E-state index in [2.05, 4.69) is 10.6 Å². The molecular formula is C13H17FN2. The minimum Gasteiger partial charge on any atom is -0.382 e. The van der Waals surface area contributed by atoms with Gasteiger partial charge in [-0.15, -0.1) is 0 Å². The van der Waals surface area contributed by atoms with Crippen molar-refractivity contribution < 1.29 is 4.39 Å². The molecule has 1 saturated carbocycles. The second-order valence-corrected chi connectivity index (χ2v) is 4.93. The topological polar surface area (TPSA) is 24.1 Å². The summed E-state index contributed by atoms with van der Waals surface area (Å²) in [7, 11) is 0. The normalized spacial score (nSPS) is 32.7. The van der Waals surface area contributed by atoms with E-state index in [1.165, 1.54) is 25.0 Å². The molecule has 0 radical (unpaired) electrons. The van der Waals surface area contributed by atoms with E-state index in [1.54, 1.807) is 0 Å². The first-order chi connectivity index (χ1) is 7.83. The third-order valence-corrected chi connectivity index (χ3v) is 3.91. The monoisotopic (exact) mass is 220 g/mol. The van der Waals surface area contributed by atoms with Crippen molar-refractivity contribution in [3.05, 3.63) is 30.1 Å². The summed E-state index contributed by atoms with van der Waals surface area (Å²) in [5.41, 5.74) is 1.05. The lowest BCUT2D eigenvalue weighted by Crippen LogP contribution is -2.45. The average molecular weight is 220 g/mol. The van der Waals surface area contributed by atoms with E-state index in [9.17, 15) is 4.39 Å². The standard InChI is InChI=1S/C13H17FN2/c14-11-3-5-12(6-4-11)16-13-9-1-2-10(13)8-15-7-9/h3-6,9-10,13,15-16H,1-2,7-8H2/t9-,10?,13?/m0/s1. The van der Waals surface area contributed by atoms with Gasteiger partial charge in [-0.05, 0) is 62.0 Å². The number of anilines is 1. The molecular weight excluding hydrogens is 203 g/mol. The Balaban J connectivity index is 1.72. The number of benzene rings is 1. The van der Waals surface area contributed by atoms with Crippen molar-refractivity contribution in [1.82, 2.24) is 5.32 Å². The summed E-state index contributed by atoms with van der Waals surface area (Å²) < 4.78 is 12.8. The van der Waals surface area contributed by atoms with Crippen molar-refractivity contribution in [2.45, 2.75) is 18.9 Å². The molecule has 1 aromatic carbocycles. The fourth-order valence-corrected chi connectivity index (χ4v) is 3.06. The maximum absolute atomic E-state index is 12.8. The molecule has 1 heterocycles. The first-order valence-corrected chi connectivity index (χ1v) is 6.06. The highest BCUT2D eigenvalue weighted by Crippen LogP contribution is 2.35. The van der Waals surface area contributed by atoms with Crippen molar-refractivity contribution in [2.75, 3.05) is 18.4 Å². The fourth-order valence-electron chi connectivity index (χ4n) is 3.06. The summed E-state index contributed by atoms with van der Waals surface area (Å²) in [5, 5.41) is 7.04. The molecule has 2 unspecified atom stereocenters. The van der Waals surface area contributed by atoms with E-state index in [0.717, 1.165) is 30.6 Å². The number of fused-ring (bicyclic) bond motifs is 2. The van der Waals surface area contributed by atoms with Crippen molar-refractivity contribution in [1.29, 1.82) is 0 Å². The molecule has 0 aromatic heterocycles. The molecule has 0 spiro atoms. The number of halogens is 1. The quantitative estimate of drug-likeness (QED) is 0.798. The van der Waals surface area contributed by atoms with Crippen LogP contribution in [0.4, 0.5) is 10.1 Å². The van der Waals surface area contributed by atoms with Gasteiger partial charge in [0.25, 0.3) is 0 Å². The third kappa shape index (κ3) is 1.80. The predicted molar refractivity (Wildman–Crippen MR) is 62.9 cm³/mol. The van der Waals surface area contributed by atoms with Gasteiger partial charge in [0, 0.05) is 11.7 Å². The number of rotatable bonds is 2. The Morgan fingerprint density at radius 1 is 1.06 bits per heavy atom. The van der Waals surface area contributed by atoms with E-state index in [4.69, 9.17) is 0 Å². The van der Waals surface area contributed by atoms with Gasteiger partial charge in [0.2, 0.25) is 0 Å². The molecule has 3 rings (SSSR count). The number of piperidine rings is 1. The molecule has 3 heteroatoms. The van der Waals surface area contributed by atoms with Crippen LogP contribution < -0.4 is 10.6 Å². The van der Waals surface area contributed by atoms with Gasteiger partial charge in [-0.3, -0.25) is 0 Å². The van der Waals surface area contributed by atoms with E-state index < -0.39 is 0 Å². The Kier molecular flexibility index (Phi) is 2.56. The molecule has 2 bridgehead atoms. The predicted octanol–water partition coefficient (Wildman–Crippen LogP) is 2.24. The highest BCUT2D eigenvalue weighted by molar-refractivity contribution is 5.44. The molecule has 2 fully saturated rings. The highest BCUT2D eigenvalue weighted by Gasteiger charge is 2.38. The molecule has 2 N–H and O–H groups in total.